The molecule has 1 aromatic carbocycles. The molecular weight excluding hydrogens is 315 g/mol. The zero-order valence-electron chi connectivity index (χ0n) is 11.4. The van der Waals surface area contributed by atoms with Crippen LogP contribution in [0.1, 0.15) is 48.4 Å². The van der Waals surface area contributed by atoms with Crippen LogP contribution in [0.5, 0.6) is 0 Å². The fraction of sp³-hybridized carbons (Fsp3) is 0.571. The predicted molar refractivity (Wildman–Crippen MR) is 65.3 cm³/mol. The second-order valence-electron chi connectivity index (χ2n) is 5.49. The van der Waals surface area contributed by atoms with Crippen LogP contribution in [0.2, 0.25) is 0 Å². The van der Waals surface area contributed by atoms with E-state index >= 15 is 0 Å². The number of hydrogen-bond donors (Lipinski definition) is 1. The molecule has 0 aromatic heterocycles. The third-order valence-corrected chi connectivity index (χ3v) is 4.00. The number of nitrogens with two attached hydrogens (primary N) is 1. The second-order valence-corrected chi connectivity index (χ2v) is 5.49. The minimum Gasteiger partial charge on any atom is -0.324 e. The monoisotopic (exact) mass is 329 g/mol. The van der Waals surface area contributed by atoms with Gasteiger partial charge in [0.05, 0.1) is 11.1 Å². The third-order valence-electron chi connectivity index (χ3n) is 4.00. The first kappa shape index (κ1) is 17.1. The van der Waals surface area contributed by atoms with Crippen LogP contribution < -0.4 is 5.73 Å². The maximum atomic E-state index is 14.0. The van der Waals surface area contributed by atoms with E-state index in [9.17, 15) is 30.7 Å². The summed E-state index contributed by atoms with van der Waals surface area (Å²) in [7, 11) is 0. The van der Waals surface area contributed by atoms with E-state index in [1.54, 1.807) is 0 Å². The van der Waals surface area contributed by atoms with Crippen LogP contribution in [0.4, 0.5) is 30.7 Å². The maximum Gasteiger partial charge on any atom is 0.416 e. The number of halogens is 7. The van der Waals surface area contributed by atoms with E-state index in [1.807, 2.05) is 0 Å². The Balaban J connectivity index is 2.56. The number of hydrogen-bond acceptors (Lipinski definition) is 1. The molecule has 0 unspecified atom stereocenters. The zero-order chi connectivity index (χ0) is 16.7. The Morgan fingerprint density at radius 3 is 1.95 bits per heavy atom. The summed E-state index contributed by atoms with van der Waals surface area (Å²) in [6.45, 7) is 0. The van der Waals surface area contributed by atoms with Crippen LogP contribution in [0.25, 0.3) is 0 Å². The Bertz CT molecular complexity index is 541. The summed E-state index contributed by atoms with van der Waals surface area (Å²) >= 11 is 0. The third kappa shape index (κ3) is 3.37. The van der Waals surface area contributed by atoms with Gasteiger partial charge < -0.3 is 5.73 Å². The summed E-state index contributed by atoms with van der Waals surface area (Å²) in [5.74, 6) is -1.91. The highest BCUT2D eigenvalue weighted by Gasteiger charge is 2.42. The minimum absolute atomic E-state index is 0.0623. The van der Waals surface area contributed by atoms with Crippen molar-refractivity contribution in [2.45, 2.75) is 44.1 Å². The van der Waals surface area contributed by atoms with Crippen LogP contribution in [-0.2, 0) is 12.4 Å². The highest BCUT2D eigenvalue weighted by Crippen LogP contribution is 2.43. The van der Waals surface area contributed by atoms with Crippen molar-refractivity contribution in [3.8, 4) is 0 Å². The molecule has 1 nitrogen and oxygen atoms in total. The number of benzene rings is 1. The number of alkyl halides is 6. The SMILES string of the molecule is N[C@@H](c1c(F)cc(C(F)(F)F)cc1C(F)(F)F)C1CCCC1. The summed E-state index contributed by atoms with van der Waals surface area (Å²) in [4.78, 5) is 0. The van der Waals surface area contributed by atoms with Gasteiger partial charge in [0.2, 0.25) is 0 Å². The van der Waals surface area contributed by atoms with Gasteiger partial charge in [-0.05, 0) is 30.9 Å². The molecule has 0 bridgehead atoms. The predicted octanol–water partition coefficient (Wildman–Crippen LogP) is 5.05. The van der Waals surface area contributed by atoms with Crippen molar-refractivity contribution in [1.82, 2.24) is 0 Å². The Morgan fingerprint density at radius 1 is 0.955 bits per heavy atom. The van der Waals surface area contributed by atoms with Crippen molar-refractivity contribution in [2.24, 2.45) is 11.7 Å². The molecule has 2 N–H and O–H groups in total. The molecule has 0 amide bonds. The smallest absolute Gasteiger partial charge is 0.324 e. The Kier molecular flexibility index (Phi) is 4.43. The maximum absolute atomic E-state index is 14.0. The highest BCUT2D eigenvalue weighted by atomic mass is 19.4. The van der Waals surface area contributed by atoms with Gasteiger partial charge in [0.15, 0.2) is 0 Å². The van der Waals surface area contributed by atoms with Gasteiger partial charge in [-0.25, -0.2) is 4.39 Å². The molecule has 22 heavy (non-hydrogen) atoms. The number of rotatable bonds is 2. The van der Waals surface area contributed by atoms with Crippen LogP contribution >= 0.6 is 0 Å². The molecular formula is C14H14F7N. The van der Waals surface area contributed by atoms with Gasteiger partial charge in [-0.1, -0.05) is 12.8 Å². The lowest BCUT2D eigenvalue weighted by molar-refractivity contribution is -0.144. The molecule has 1 aromatic rings. The molecule has 1 aliphatic rings. The van der Waals surface area contributed by atoms with Crippen LogP contribution in [-0.4, -0.2) is 0 Å². The van der Waals surface area contributed by atoms with Crippen molar-refractivity contribution in [1.29, 1.82) is 0 Å². The van der Waals surface area contributed by atoms with E-state index in [0.29, 0.717) is 12.8 Å². The first-order valence-electron chi connectivity index (χ1n) is 6.75. The van der Waals surface area contributed by atoms with Gasteiger partial charge in [0, 0.05) is 11.6 Å². The quantitative estimate of drug-likeness (QED) is 0.755. The Morgan fingerprint density at radius 2 is 1.50 bits per heavy atom. The second kappa shape index (κ2) is 5.72. The van der Waals surface area contributed by atoms with E-state index in [4.69, 9.17) is 5.73 Å². The fourth-order valence-electron chi connectivity index (χ4n) is 2.91. The lowest BCUT2D eigenvalue weighted by Gasteiger charge is -2.24. The topological polar surface area (TPSA) is 26.0 Å². The van der Waals surface area contributed by atoms with E-state index in [0.717, 1.165) is 12.8 Å². The van der Waals surface area contributed by atoms with Gasteiger partial charge in [0.25, 0.3) is 0 Å². The molecule has 1 atom stereocenters. The standard InChI is InChI=1S/C14H14F7N/c15-10-6-8(13(16,17)18)5-9(14(19,20)21)11(10)12(22)7-3-1-2-4-7/h5-7,12H,1-4,22H2/t12-/m1/s1. The highest BCUT2D eigenvalue weighted by molar-refractivity contribution is 5.39. The normalized spacial score (nSPS) is 18.7. The van der Waals surface area contributed by atoms with E-state index in [2.05, 4.69) is 0 Å². The van der Waals surface area contributed by atoms with Crippen LogP contribution in [0.3, 0.4) is 0 Å². The fourth-order valence-corrected chi connectivity index (χ4v) is 2.91. The van der Waals surface area contributed by atoms with Crippen molar-refractivity contribution >= 4 is 0 Å². The van der Waals surface area contributed by atoms with Gasteiger partial charge in [0.1, 0.15) is 5.82 Å². The summed E-state index contributed by atoms with van der Waals surface area (Å²) in [6.07, 6.45) is -7.55. The molecule has 1 fully saturated rings. The van der Waals surface area contributed by atoms with Crippen molar-refractivity contribution < 1.29 is 30.7 Å². The molecule has 0 heterocycles. The molecule has 0 saturated heterocycles. The summed E-state index contributed by atoms with van der Waals surface area (Å²) in [5.41, 5.74) is 1.56. The largest absolute Gasteiger partial charge is 0.416 e. The zero-order valence-corrected chi connectivity index (χ0v) is 11.4. The average Bonchev–Trinajstić information content (AvgIpc) is 2.88. The van der Waals surface area contributed by atoms with Gasteiger partial charge >= 0.3 is 12.4 Å². The molecule has 1 saturated carbocycles. The van der Waals surface area contributed by atoms with Gasteiger partial charge in [-0.3, -0.25) is 0 Å². The summed E-state index contributed by atoms with van der Waals surface area (Å²) in [5, 5.41) is 0. The molecule has 0 radical (unpaired) electrons. The van der Waals surface area contributed by atoms with Crippen LogP contribution in [0.15, 0.2) is 12.1 Å². The molecule has 124 valence electrons. The lowest BCUT2D eigenvalue weighted by atomic mass is 9.88. The Hall–Kier alpha value is -1.31. The average molecular weight is 329 g/mol. The molecule has 1 aliphatic carbocycles. The van der Waals surface area contributed by atoms with Gasteiger partial charge in [-0.15, -0.1) is 0 Å². The molecule has 2 rings (SSSR count). The van der Waals surface area contributed by atoms with Gasteiger partial charge in [-0.2, -0.15) is 26.3 Å². The first-order chi connectivity index (χ1) is 10.0. The van der Waals surface area contributed by atoms with Crippen LogP contribution in [0, 0.1) is 11.7 Å². The van der Waals surface area contributed by atoms with Crippen molar-refractivity contribution in [3.63, 3.8) is 0 Å². The van der Waals surface area contributed by atoms with E-state index in [-0.39, 0.29) is 18.1 Å². The van der Waals surface area contributed by atoms with E-state index < -0.39 is 40.9 Å². The minimum atomic E-state index is -5.10. The van der Waals surface area contributed by atoms with Crippen molar-refractivity contribution in [3.05, 3.63) is 34.6 Å². The molecule has 8 heteroatoms. The summed E-state index contributed by atoms with van der Waals surface area (Å²) in [6, 6.07) is -1.24. The van der Waals surface area contributed by atoms with Crippen molar-refractivity contribution in [2.75, 3.05) is 0 Å². The first-order valence-corrected chi connectivity index (χ1v) is 6.75. The van der Waals surface area contributed by atoms with E-state index in [1.165, 1.54) is 0 Å². The molecule has 0 aliphatic heterocycles. The Labute approximate surface area is 122 Å². The molecule has 0 spiro atoms. The lowest BCUT2D eigenvalue weighted by Crippen LogP contribution is -2.25. The summed E-state index contributed by atoms with van der Waals surface area (Å²) < 4.78 is 91.0.